The zero-order valence-electron chi connectivity index (χ0n) is 12.1. The first kappa shape index (κ1) is 15.4. The number of H-pyrrole nitrogens is 1. The molecule has 0 aliphatic carbocycles. The van der Waals surface area contributed by atoms with Gasteiger partial charge in [-0.3, -0.25) is 0 Å². The van der Waals surface area contributed by atoms with Crippen LogP contribution in [0.2, 0.25) is 0 Å². The molecule has 0 spiro atoms. The summed E-state index contributed by atoms with van der Waals surface area (Å²) >= 11 is 0. The molecule has 2 aromatic carbocycles. The van der Waals surface area contributed by atoms with Crippen molar-refractivity contribution in [1.82, 2.24) is 9.97 Å². The van der Waals surface area contributed by atoms with Crippen molar-refractivity contribution in [3.05, 3.63) is 60.2 Å². The molecule has 1 heterocycles. The van der Waals surface area contributed by atoms with Crippen LogP contribution in [0, 0.1) is 0 Å². The summed E-state index contributed by atoms with van der Waals surface area (Å²) in [6.45, 7) is 0. The van der Waals surface area contributed by atoms with Gasteiger partial charge in [-0.2, -0.15) is 13.2 Å². The molecular formula is C16H13F3N2O2. The molecule has 0 bridgehead atoms. The monoisotopic (exact) mass is 322 g/mol. The fourth-order valence-corrected chi connectivity index (χ4v) is 2.50. The molecular weight excluding hydrogens is 309 g/mol. The van der Waals surface area contributed by atoms with Crippen LogP contribution in [-0.4, -0.2) is 28.4 Å². The highest BCUT2D eigenvalue weighted by molar-refractivity contribution is 5.84. The predicted octanol–water partition coefficient (Wildman–Crippen LogP) is 3.37. The van der Waals surface area contributed by atoms with Crippen LogP contribution < -0.4 is 4.74 Å². The Hall–Kier alpha value is -2.54. The molecule has 0 saturated carbocycles. The molecule has 7 heteroatoms. The summed E-state index contributed by atoms with van der Waals surface area (Å²) in [5, 5.41) is 11.7. The van der Waals surface area contributed by atoms with Crippen LogP contribution in [0.1, 0.15) is 11.3 Å². The quantitative estimate of drug-likeness (QED) is 0.777. The largest absolute Gasteiger partial charge is 0.497 e. The van der Waals surface area contributed by atoms with Gasteiger partial charge in [0, 0.05) is 0 Å². The molecule has 4 nitrogen and oxygen atoms in total. The van der Waals surface area contributed by atoms with E-state index in [0.29, 0.717) is 16.5 Å². The zero-order chi connectivity index (χ0) is 16.7. The van der Waals surface area contributed by atoms with Crippen LogP contribution >= 0.6 is 0 Å². The number of nitrogens with zero attached hydrogens (tertiary/aromatic N) is 1. The number of halogens is 3. The molecule has 2 N–H and O–H groups in total. The maximum Gasteiger partial charge on any atom is 0.427 e. The Balaban J connectivity index is 2.19. The van der Waals surface area contributed by atoms with E-state index >= 15 is 0 Å². The van der Waals surface area contributed by atoms with E-state index in [-0.39, 0.29) is 5.56 Å². The van der Waals surface area contributed by atoms with Gasteiger partial charge in [0.1, 0.15) is 5.75 Å². The first-order valence-electron chi connectivity index (χ1n) is 6.72. The third-order valence-corrected chi connectivity index (χ3v) is 3.76. The number of aliphatic hydroxyl groups is 1. The molecule has 120 valence electrons. The zero-order valence-corrected chi connectivity index (χ0v) is 12.1. The minimum absolute atomic E-state index is 0.285. The highest BCUT2D eigenvalue weighted by atomic mass is 19.4. The third kappa shape index (κ3) is 2.43. The average Bonchev–Trinajstić information content (AvgIpc) is 3.06. The molecule has 0 aliphatic rings. The highest BCUT2D eigenvalue weighted by Crippen LogP contribution is 2.44. The van der Waals surface area contributed by atoms with Crippen LogP contribution in [-0.2, 0) is 5.60 Å². The van der Waals surface area contributed by atoms with Gasteiger partial charge in [0.25, 0.3) is 0 Å². The van der Waals surface area contributed by atoms with Crippen molar-refractivity contribution in [2.45, 2.75) is 11.8 Å². The van der Waals surface area contributed by atoms with E-state index in [4.69, 9.17) is 4.74 Å². The van der Waals surface area contributed by atoms with Crippen LogP contribution in [0.5, 0.6) is 5.75 Å². The molecule has 1 aromatic heterocycles. The molecule has 23 heavy (non-hydrogen) atoms. The normalized spacial score (nSPS) is 14.7. The fraction of sp³-hybridized carbons (Fsp3) is 0.188. The van der Waals surface area contributed by atoms with Gasteiger partial charge >= 0.3 is 6.18 Å². The van der Waals surface area contributed by atoms with Crippen LogP contribution in [0.3, 0.4) is 0 Å². The minimum Gasteiger partial charge on any atom is -0.497 e. The maximum atomic E-state index is 13.6. The summed E-state index contributed by atoms with van der Waals surface area (Å²) in [5.41, 5.74) is -3.87. The van der Waals surface area contributed by atoms with Gasteiger partial charge in [0.05, 0.1) is 25.3 Å². The smallest absolute Gasteiger partial charge is 0.427 e. The minimum atomic E-state index is -4.90. The van der Waals surface area contributed by atoms with Gasteiger partial charge in [-0.05, 0) is 34.5 Å². The average molecular weight is 322 g/mol. The summed E-state index contributed by atoms with van der Waals surface area (Å²) in [4.78, 5) is 5.93. The van der Waals surface area contributed by atoms with Crippen molar-refractivity contribution in [2.75, 3.05) is 7.11 Å². The molecule has 1 atom stereocenters. The second-order valence-electron chi connectivity index (χ2n) is 5.10. The van der Waals surface area contributed by atoms with E-state index in [1.165, 1.54) is 25.3 Å². The van der Waals surface area contributed by atoms with Crippen molar-refractivity contribution in [3.8, 4) is 5.75 Å². The number of aromatic nitrogens is 2. The van der Waals surface area contributed by atoms with Crippen molar-refractivity contribution in [2.24, 2.45) is 0 Å². The summed E-state index contributed by atoms with van der Waals surface area (Å²) < 4.78 is 45.8. The molecule has 0 amide bonds. The molecule has 0 saturated heterocycles. The predicted molar refractivity (Wildman–Crippen MR) is 78.1 cm³/mol. The molecule has 0 aliphatic heterocycles. The van der Waals surface area contributed by atoms with Gasteiger partial charge in [-0.15, -0.1) is 0 Å². The van der Waals surface area contributed by atoms with E-state index in [0.717, 1.165) is 12.5 Å². The van der Waals surface area contributed by atoms with Gasteiger partial charge in [0.2, 0.25) is 5.60 Å². The molecule has 0 radical (unpaired) electrons. The Bertz CT molecular complexity index is 831. The Labute approximate surface area is 129 Å². The number of hydrogen-bond acceptors (Lipinski definition) is 3. The summed E-state index contributed by atoms with van der Waals surface area (Å²) in [6.07, 6.45) is -2.84. The summed E-state index contributed by atoms with van der Waals surface area (Å²) in [5.74, 6) is 0.602. The molecule has 0 fully saturated rings. The van der Waals surface area contributed by atoms with E-state index in [1.807, 2.05) is 0 Å². The van der Waals surface area contributed by atoms with Gasteiger partial charge in [-0.1, -0.05) is 18.2 Å². The lowest BCUT2D eigenvalue weighted by Crippen LogP contribution is -2.43. The van der Waals surface area contributed by atoms with Gasteiger partial charge in [0.15, 0.2) is 0 Å². The molecule has 3 aromatic rings. The van der Waals surface area contributed by atoms with Crippen LogP contribution in [0.25, 0.3) is 10.8 Å². The Morgan fingerprint density at radius 3 is 2.39 bits per heavy atom. The summed E-state index contributed by atoms with van der Waals surface area (Å²) in [7, 11) is 1.51. The number of fused-ring (bicyclic) bond motifs is 1. The molecule has 3 rings (SSSR count). The second kappa shape index (κ2) is 5.27. The first-order valence-corrected chi connectivity index (χ1v) is 6.72. The van der Waals surface area contributed by atoms with Gasteiger partial charge in [-0.25, -0.2) is 4.98 Å². The number of methoxy groups -OCH3 is 1. The van der Waals surface area contributed by atoms with Crippen molar-refractivity contribution in [3.63, 3.8) is 0 Å². The van der Waals surface area contributed by atoms with Crippen LogP contribution in [0.4, 0.5) is 13.2 Å². The SMILES string of the molecule is COc1ccc2cc(C(O)(c3cnc[nH]3)C(F)(F)F)ccc2c1. The number of nitrogens with one attached hydrogen (secondary N) is 1. The number of hydrogen-bond donors (Lipinski definition) is 2. The lowest BCUT2D eigenvalue weighted by Gasteiger charge is -2.30. The third-order valence-electron chi connectivity index (χ3n) is 3.76. The maximum absolute atomic E-state index is 13.6. The summed E-state index contributed by atoms with van der Waals surface area (Å²) in [6, 6.07) is 9.07. The number of benzene rings is 2. The number of imidazole rings is 1. The van der Waals surface area contributed by atoms with Crippen molar-refractivity contribution < 1.29 is 23.0 Å². The highest BCUT2D eigenvalue weighted by Gasteiger charge is 2.57. The van der Waals surface area contributed by atoms with E-state index in [9.17, 15) is 18.3 Å². The van der Waals surface area contributed by atoms with E-state index in [1.54, 1.807) is 18.2 Å². The Morgan fingerprint density at radius 1 is 1.09 bits per heavy atom. The van der Waals surface area contributed by atoms with Gasteiger partial charge < -0.3 is 14.8 Å². The second-order valence-corrected chi connectivity index (χ2v) is 5.10. The lowest BCUT2D eigenvalue weighted by atomic mass is 9.88. The topological polar surface area (TPSA) is 58.1 Å². The number of ether oxygens (including phenoxy) is 1. The lowest BCUT2D eigenvalue weighted by molar-refractivity contribution is -0.249. The van der Waals surface area contributed by atoms with Crippen molar-refractivity contribution >= 4 is 10.8 Å². The molecule has 1 unspecified atom stereocenters. The van der Waals surface area contributed by atoms with Crippen molar-refractivity contribution in [1.29, 1.82) is 0 Å². The Morgan fingerprint density at radius 2 is 1.78 bits per heavy atom. The first-order chi connectivity index (χ1) is 10.9. The standard InChI is InChI=1S/C16H13F3N2O2/c1-23-13-5-3-10-6-12(4-2-11(10)7-13)15(22,16(17,18)19)14-8-20-9-21-14/h2-9,22H,1H3,(H,20,21). The number of rotatable bonds is 3. The Kier molecular flexibility index (Phi) is 3.52. The van der Waals surface area contributed by atoms with Crippen LogP contribution in [0.15, 0.2) is 48.9 Å². The van der Waals surface area contributed by atoms with E-state index in [2.05, 4.69) is 9.97 Å². The fourth-order valence-electron chi connectivity index (χ4n) is 2.50. The number of aromatic amines is 1. The van der Waals surface area contributed by atoms with E-state index < -0.39 is 17.5 Å². The number of alkyl halides is 3.